The van der Waals surface area contributed by atoms with Crippen molar-refractivity contribution in [2.24, 2.45) is 0 Å². The number of nitriles is 1. The van der Waals surface area contributed by atoms with Gasteiger partial charge in [0.1, 0.15) is 11.9 Å². The molecular formula is C10H6FN3. The van der Waals surface area contributed by atoms with E-state index in [0.717, 1.165) is 11.3 Å². The molecule has 0 bridgehead atoms. The quantitative estimate of drug-likeness (QED) is 0.743. The van der Waals surface area contributed by atoms with Gasteiger partial charge < -0.3 is 0 Å². The summed E-state index contributed by atoms with van der Waals surface area (Å²) in [6.07, 6.45) is 1.60. The molecule has 0 amide bonds. The van der Waals surface area contributed by atoms with E-state index in [1.54, 1.807) is 24.4 Å². The van der Waals surface area contributed by atoms with Crippen molar-refractivity contribution in [2.45, 2.75) is 0 Å². The molecule has 0 fully saturated rings. The largest absolute Gasteiger partial charge is 0.278 e. The minimum absolute atomic E-state index is 0.0390. The molecule has 1 heterocycles. The lowest BCUT2D eigenvalue weighted by Crippen LogP contribution is -1.85. The Morgan fingerprint density at radius 3 is 2.86 bits per heavy atom. The first-order chi connectivity index (χ1) is 6.81. The molecule has 1 N–H and O–H groups in total. The molecule has 0 radical (unpaired) electrons. The number of halogens is 1. The highest BCUT2D eigenvalue weighted by Crippen LogP contribution is 2.19. The summed E-state index contributed by atoms with van der Waals surface area (Å²) in [7, 11) is 0. The maximum atomic E-state index is 13.0. The molecular weight excluding hydrogens is 181 g/mol. The number of rotatable bonds is 1. The molecule has 2 aromatic rings. The maximum absolute atomic E-state index is 13.0. The minimum Gasteiger partial charge on any atom is -0.278 e. The summed E-state index contributed by atoms with van der Waals surface area (Å²) in [6.45, 7) is 0. The van der Waals surface area contributed by atoms with Gasteiger partial charge in [0.15, 0.2) is 0 Å². The van der Waals surface area contributed by atoms with Crippen molar-refractivity contribution >= 4 is 0 Å². The van der Waals surface area contributed by atoms with Crippen molar-refractivity contribution in [3.05, 3.63) is 41.8 Å². The van der Waals surface area contributed by atoms with Gasteiger partial charge in [0, 0.05) is 11.8 Å². The van der Waals surface area contributed by atoms with Crippen LogP contribution in [0.4, 0.5) is 4.39 Å². The molecule has 4 heteroatoms. The highest BCUT2D eigenvalue weighted by Gasteiger charge is 2.04. The second-order valence-corrected chi connectivity index (χ2v) is 2.78. The first-order valence-electron chi connectivity index (χ1n) is 4.00. The van der Waals surface area contributed by atoms with Crippen LogP contribution in [0.2, 0.25) is 0 Å². The van der Waals surface area contributed by atoms with Crippen LogP contribution in [-0.2, 0) is 0 Å². The topological polar surface area (TPSA) is 52.5 Å². The molecule has 3 nitrogen and oxygen atoms in total. The van der Waals surface area contributed by atoms with Crippen LogP contribution in [0, 0.1) is 17.1 Å². The van der Waals surface area contributed by atoms with Gasteiger partial charge in [-0.2, -0.15) is 10.4 Å². The van der Waals surface area contributed by atoms with Crippen LogP contribution in [-0.4, -0.2) is 10.2 Å². The Balaban J connectivity index is 2.53. The molecule has 1 aromatic carbocycles. The van der Waals surface area contributed by atoms with Crippen LogP contribution in [0.3, 0.4) is 0 Å². The van der Waals surface area contributed by atoms with Gasteiger partial charge in [0.05, 0.1) is 11.3 Å². The Hall–Kier alpha value is -2.15. The van der Waals surface area contributed by atoms with Crippen LogP contribution < -0.4 is 0 Å². The van der Waals surface area contributed by atoms with Gasteiger partial charge in [-0.15, -0.1) is 0 Å². The van der Waals surface area contributed by atoms with Crippen molar-refractivity contribution in [3.8, 4) is 17.3 Å². The number of nitrogens with one attached hydrogen (secondary N) is 1. The van der Waals surface area contributed by atoms with Gasteiger partial charge in [0.2, 0.25) is 0 Å². The number of H-pyrrole nitrogens is 1. The smallest absolute Gasteiger partial charge is 0.140 e. The Bertz CT molecular complexity index is 483. The fraction of sp³-hybridized carbons (Fsp3) is 0. The zero-order valence-corrected chi connectivity index (χ0v) is 7.16. The predicted molar refractivity (Wildman–Crippen MR) is 48.7 cm³/mol. The van der Waals surface area contributed by atoms with E-state index in [1.165, 1.54) is 12.1 Å². The summed E-state index contributed by atoms with van der Waals surface area (Å²) < 4.78 is 13.0. The van der Waals surface area contributed by atoms with Crippen molar-refractivity contribution in [1.82, 2.24) is 10.2 Å². The lowest BCUT2D eigenvalue weighted by molar-refractivity contribution is 0.624. The average Bonchev–Trinajstić information content (AvgIpc) is 2.71. The van der Waals surface area contributed by atoms with Gasteiger partial charge in [0.25, 0.3) is 0 Å². The van der Waals surface area contributed by atoms with E-state index in [1.807, 2.05) is 0 Å². The monoisotopic (exact) mass is 187 g/mol. The number of benzene rings is 1. The predicted octanol–water partition coefficient (Wildman–Crippen LogP) is 2.09. The molecule has 0 atom stereocenters. The summed E-state index contributed by atoms with van der Waals surface area (Å²) >= 11 is 0. The third-order valence-corrected chi connectivity index (χ3v) is 1.90. The number of aromatic amines is 1. The molecule has 0 saturated carbocycles. The fourth-order valence-electron chi connectivity index (χ4n) is 1.20. The number of hydrogen-bond donors (Lipinski definition) is 1. The standard InChI is InChI=1S/C10H6FN3/c11-9-2-1-7(5-8(9)6-12)10-3-4-13-14-10/h1-5H,(H,13,14). The van der Waals surface area contributed by atoms with E-state index in [9.17, 15) is 4.39 Å². The Morgan fingerprint density at radius 1 is 1.36 bits per heavy atom. The molecule has 0 saturated heterocycles. The highest BCUT2D eigenvalue weighted by molar-refractivity contribution is 5.60. The lowest BCUT2D eigenvalue weighted by atomic mass is 10.1. The Morgan fingerprint density at radius 2 is 2.21 bits per heavy atom. The second-order valence-electron chi connectivity index (χ2n) is 2.78. The zero-order chi connectivity index (χ0) is 9.97. The van der Waals surface area contributed by atoms with Crippen LogP contribution >= 0.6 is 0 Å². The molecule has 1 aromatic heterocycles. The first kappa shape index (κ1) is 8.45. The van der Waals surface area contributed by atoms with Gasteiger partial charge >= 0.3 is 0 Å². The first-order valence-corrected chi connectivity index (χ1v) is 4.00. The summed E-state index contributed by atoms with van der Waals surface area (Å²) in [4.78, 5) is 0. The molecule has 68 valence electrons. The van der Waals surface area contributed by atoms with Gasteiger partial charge in [-0.25, -0.2) is 4.39 Å². The van der Waals surface area contributed by atoms with Gasteiger partial charge in [-0.05, 0) is 24.3 Å². The summed E-state index contributed by atoms with van der Waals surface area (Å²) in [6, 6.07) is 7.91. The zero-order valence-electron chi connectivity index (χ0n) is 7.16. The summed E-state index contributed by atoms with van der Waals surface area (Å²) in [5, 5.41) is 15.1. The SMILES string of the molecule is N#Cc1cc(-c2ccn[nH]2)ccc1F. The van der Waals surface area contributed by atoms with E-state index >= 15 is 0 Å². The van der Waals surface area contributed by atoms with Crippen molar-refractivity contribution in [3.63, 3.8) is 0 Å². The van der Waals surface area contributed by atoms with E-state index in [-0.39, 0.29) is 5.56 Å². The third kappa shape index (κ3) is 1.36. The van der Waals surface area contributed by atoms with Crippen LogP contribution in [0.5, 0.6) is 0 Å². The highest BCUT2D eigenvalue weighted by atomic mass is 19.1. The van der Waals surface area contributed by atoms with Crippen LogP contribution in [0.1, 0.15) is 5.56 Å². The van der Waals surface area contributed by atoms with Gasteiger partial charge in [-0.1, -0.05) is 0 Å². The minimum atomic E-state index is -0.504. The van der Waals surface area contributed by atoms with Crippen molar-refractivity contribution < 1.29 is 4.39 Å². The number of hydrogen-bond acceptors (Lipinski definition) is 2. The Labute approximate surface area is 79.8 Å². The van der Waals surface area contributed by atoms with Crippen LogP contribution in [0.15, 0.2) is 30.5 Å². The van der Waals surface area contributed by atoms with Crippen molar-refractivity contribution in [1.29, 1.82) is 5.26 Å². The van der Waals surface area contributed by atoms with E-state index in [0.29, 0.717) is 0 Å². The third-order valence-electron chi connectivity index (χ3n) is 1.90. The summed E-state index contributed by atoms with van der Waals surface area (Å²) in [5.74, 6) is -0.504. The maximum Gasteiger partial charge on any atom is 0.140 e. The van der Waals surface area contributed by atoms with Gasteiger partial charge in [-0.3, -0.25) is 5.10 Å². The second kappa shape index (κ2) is 3.30. The number of aromatic nitrogens is 2. The molecule has 0 aliphatic carbocycles. The fourth-order valence-corrected chi connectivity index (χ4v) is 1.20. The summed E-state index contributed by atoms with van der Waals surface area (Å²) in [5.41, 5.74) is 1.55. The van der Waals surface area contributed by atoms with E-state index < -0.39 is 5.82 Å². The average molecular weight is 187 g/mol. The van der Waals surface area contributed by atoms with Crippen molar-refractivity contribution in [2.75, 3.05) is 0 Å². The lowest BCUT2D eigenvalue weighted by Gasteiger charge is -1.98. The normalized spacial score (nSPS) is 9.71. The molecule has 0 aliphatic heterocycles. The van der Waals surface area contributed by atoms with Crippen LogP contribution in [0.25, 0.3) is 11.3 Å². The number of nitrogens with zero attached hydrogens (tertiary/aromatic N) is 2. The Kier molecular flexibility index (Phi) is 1.99. The molecule has 0 aliphatic rings. The molecule has 0 spiro atoms. The molecule has 14 heavy (non-hydrogen) atoms. The molecule has 2 rings (SSSR count). The van der Waals surface area contributed by atoms with E-state index in [2.05, 4.69) is 10.2 Å². The molecule has 0 unspecified atom stereocenters. The van der Waals surface area contributed by atoms with E-state index in [4.69, 9.17) is 5.26 Å².